The maximum atomic E-state index is 11.1. The van der Waals surface area contributed by atoms with Crippen molar-refractivity contribution >= 4 is 12.0 Å². The molecule has 94 valence electrons. The van der Waals surface area contributed by atoms with Gasteiger partial charge in [0, 0.05) is 0 Å². The first-order valence-electron chi connectivity index (χ1n) is 4.90. The van der Waals surface area contributed by atoms with Crippen molar-refractivity contribution in [1.82, 2.24) is 5.48 Å². The molecule has 0 rings (SSSR count). The predicted octanol–water partition coefficient (Wildman–Crippen LogP) is -0.355. The van der Waals surface area contributed by atoms with Gasteiger partial charge in [-0.1, -0.05) is 0 Å². The number of carbonyl (C=O) groups excluding carboxylic acids is 2. The number of nitrogens with two attached hydrogens (primary N) is 2. The molecule has 0 aliphatic heterocycles. The summed E-state index contributed by atoms with van der Waals surface area (Å²) in [6.45, 7) is 5.34. The summed E-state index contributed by atoms with van der Waals surface area (Å²) in [5.74, 6) is -0.693. The van der Waals surface area contributed by atoms with Crippen LogP contribution < -0.4 is 16.9 Å². The lowest BCUT2D eigenvalue weighted by atomic mass is 10.2. The maximum absolute atomic E-state index is 11.1. The summed E-state index contributed by atoms with van der Waals surface area (Å²) in [6.07, 6.45) is -1.50. The monoisotopic (exact) mass is 233 g/mol. The molecule has 1 unspecified atom stereocenters. The van der Waals surface area contributed by atoms with Crippen LogP contribution in [0.25, 0.3) is 0 Å². The zero-order valence-electron chi connectivity index (χ0n) is 9.78. The second kappa shape index (κ2) is 6.29. The lowest BCUT2D eigenvalue weighted by Crippen LogP contribution is -2.41. The average Bonchev–Trinajstić information content (AvgIpc) is 2.08. The highest BCUT2D eigenvalue weighted by atomic mass is 16.7. The van der Waals surface area contributed by atoms with Gasteiger partial charge in [0.25, 0.3) is 0 Å². The van der Waals surface area contributed by atoms with Crippen molar-refractivity contribution < 1.29 is 19.2 Å². The Balaban J connectivity index is 4.01. The number of amides is 2. The minimum Gasteiger partial charge on any atom is -0.442 e. The fourth-order valence-electron chi connectivity index (χ4n) is 0.829. The van der Waals surface area contributed by atoms with Crippen molar-refractivity contribution in [2.24, 2.45) is 11.5 Å². The molecule has 0 heterocycles. The average molecular weight is 233 g/mol. The number of hydrogen-bond donors (Lipinski definition) is 3. The zero-order valence-corrected chi connectivity index (χ0v) is 9.78. The largest absolute Gasteiger partial charge is 0.442 e. The molecule has 0 bridgehead atoms. The third-order valence-corrected chi connectivity index (χ3v) is 1.43. The minimum atomic E-state index is -0.947. The standard InChI is InChI=1S/C9H19N3O4/c1-9(2,3)15-8(14)12-16-6(4-5-10)7(11)13/h6H,4-5,10H2,1-3H3,(H2,11,13)(H,12,14). The van der Waals surface area contributed by atoms with E-state index in [1.807, 2.05) is 5.48 Å². The van der Waals surface area contributed by atoms with Crippen LogP contribution in [0.4, 0.5) is 4.79 Å². The first kappa shape index (κ1) is 14.7. The van der Waals surface area contributed by atoms with Crippen LogP contribution in [-0.4, -0.2) is 30.3 Å². The van der Waals surface area contributed by atoms with Crippen LogP contribution in [0.2, 0.25) is 0 Å². The first-order valence-corrected chi connectivity index (χ1v) is 4.90. The molecular weight excluding hydrogens is 214 g/mol. The van der Waals surface area contributed by atoms with Gasteiger partial charge in [0.05, 0.1) is 0 Å². The number of rotatable bonds is 5. The minimum absolute atomic E-state index is 0.226. The van der Waals surface area contributed by atoms with E-state index >= 15 is 0 Å². The van der Waals surface area contributed by atoms with Gasteiger partial charge >= 0.3 is 6.09 Å². The summed E-state index contributed by atoms with van der Waals surface area (Å²) in [5.41, 5.74) is 11.6. The quantitative estimate of drug-likeness (QED) is 0.561. The molecule has 0 spiro atoms. The third kappa shape index (κ3) is 7.02. The highest BCUT2D eigenvalue weighted by Gasteiger charge is 2.20. The van der Waals surface area contributed by atoms with Crippen LogP contribution in [-0.2, 0) is 14.4 Å². The summed E-state index contributed by atoms with van der Waals surface area (Å²) < 4.78 is 4.89. The number of nitrogens with one attached hydrogen (secondary N) is 1. The fraction of sp³-hybridized carbons (Fsp3) is 0.778. The molecule has 2 amide bonds. The Bertz CT molecular complexity index is 250. The van der Waals surface area contributed by atoms with Crippen molar-refractivity contribution in [1.29, 1.82) is 0 Å². The van der Waals surface area contributed by atoms with E-state index in [2.05, 4.69) is 0 Å². The second-order valence-corrected chi connectivity index (χ2v) is 4.19. The summed E-state index contributed by atoms with van der Waals surface area (Å²) >= 11 is 0. The molecule has 0 aromatic heterocycles. The van der Waals surface area contributed by atoms with E-state index in [4.69, 9.17) is 21.0 Å². The summed E-state index contributed by atoms with van der Waals surface area (Å²) in [6, 6.07) is 0. The smallest absolute Gasteiger partial charge is 0.431 e. The Labute approximate surface area is 94.4 Å². The van der Waals surface area contributed by atoms with Crippen molar-refractivity contribution in [2.45, 2.75) is 38.9 Å². The molecule has 1 atom stereocenters. The van der Waals surface area contributed by atoms with Gasteiger partial charge in [0.15, 0.2) is 6.10 Å². The molecule has 0 aromatic carbocycles. The van der Waals surface area contributed by atoms with E-state index in [0.29, 0.717) is 0 Å². The SMILES string of the molecule is CC(C)(C)OC(=O)NOC(CCN)C(N)=O. The van der Waals surface area contributed by atoms with Crippen LogP contribution in [0, 0.1) is 0 Å². The lowest BCUT2D eigenvalue weighted by molar-refractivity contribution is -0.134. The summed E-state index contributed by atoms with van der Waals surface area (Å²) in [5, 5.41) is 0. The molecule has 5 N–H and O–H groups in total. The predicted molar refractivity (Wildman–Crippen MR) is 57.1 cm³/mol. The number of carbonyl (C=O) groups is 2. The normalized spacial score (nSPS) is 13.0. The van der Waals surface area contributed by atoms with Crippen LogP contribution >= 0.6 is 0 Å². The number of primary amides is 1. The third-order valence-electron chi connectivity index (χ3n) is 1.43. The van der Waals surface area contributed by atoms with Gasteiger partial charge in [0.1, 0.15) is 5.60 Å². The zero-order chi connectivity index (χ0) is 12.8. The van der Waals surface area contributed by atoms with Gasteiger partial charge in [0.2, 0.25) is 5.91 Å². The summed E-state index contributed by atoms with van der Waals surface area (Å²) in [7, 11) is 0. The van der Waals surface area contributed by atoms with Crippen LogP contribution in [0.3, 0.4) is 0 Å². The highest BCUT2D eigenvalue weighted by Crippen LogP contribution is 2.06. The van der Waals surface area contributed by atoms with Crippen LogP contribution in [0.15, 0.2) is 0 Å². The second-order valence-electron chi connectivity index (χ2n) is 4.19. The van der Waals surface area contributed by atoms with E-state index in [1.165, 1.54) is 0 Å². The molecule has 0 saturated heterocycles. The molecule has 0 saturated carbocycles. The fourth-order valence-corrected chi connectivity index (χ4v) is 0.829. The molecule has 0 radical (unpaired) electrons. The summed E-state index contributed by atoms with van der Waals surface area (Å²) in [4.78, 5) is 26.8. The molecule has 16 heavy (non-hydrogen) atoms. The van der Waals surface area contributed by atoms with E-state index in [-0.39, 0.29) is 13.0 Å². The van der Waals surface area contributed by atoms with E-state index in [9.17, 15) is 9.59 Å². The molecule has 7 nitrogen and oxygen atoms in total. The van der Waals surface area contributed by atoms with Gasteiger partial charge in [-0.15, -0.1) is 0 Å². The molecule has 0 fully saturated rings. The van der Waals surface area contributed by atoms with Gasteiger partial charge in [-0.05, 0) is 33.7 Å². The van der Waals surface area contributed by atoms with Crippen LogP contribution in [0.5, 0.6) is 0 Å². The van der Waals surface area contributed by atoms with Gasteiger partial charge in [-0.2, -0.15) is 5.48 Å². The Hall–Kier alpha value is -1.34. The van der Waals surface area contributed by atoms with Crippen molar-refractivity contribution in [3.05, 3.63) is 0 Å². The topological polar surface area (TPSA) is 117 Å². The van der Waals surface area contributed by atoms with Gasteiger partial charge in [-0.25, -0.2) is 4.79 Å². The van der Waals surface area contributed by atoms with Gasteiger partial charge in [-0.3, -0.25) is 9.63 Å². The molecule has 0 aromatic rings. The van der Waals surface area contributed by atoms with Crippen LogP contribution in [0.1, 0.15) is 27.2 Å². The molecule has 7 heteroatoms. The highest BCUT2D eigenvalue weighted by molar-refractivity contribution is 5.79. The van der Waals surface area contributed by atoms with E-state index < -0.39 is 23.7 Å². The van der Waals surface area contributed by atoms with Crippen molar-refractivity contribution in [3.8, 4) is 0 Å². The lowest BCUT2D eigenvalue weighted by Gasteiger charge is -2.20. The number of hydrogen-bond acceptors (Lipinski definition) is 5. The number of hydroxylamine groups is 1. The van der Waals surface area contributed by atoms with Gasteiger partial charge < -0.3 is 16.2 Å². The Kier molecular flexibility index (Phi) is 5.76. The van der Waals surface area contributed by atoms with E-state index in [1.54, 1.807) is 20.8 Å². The van der Waals surface area contributed by atoms with Crippen molar-refractivity contribution in [2.75, 3.05) is 6.54 Å². The van der Waals surface area contributed by atoms with Crippen molar-refractivity contribution in [3.63, 3.8) is 0 Å². The Morgan fingerprint density at radius 1 is 1.38 bits per heavy atom. The first-order chi connectivity index (χ1) is 7.26. The number of ether oxygens (including phenoxy) is 1. The molecular formula is C9H19N3O4. The Morgan fingerprint density at radius 3 is 2.31 bits per heavy atom. The van der Waals surface area contributed by atoms with E-state index in [0.717, 1.165) is 0 Å². The molecule has 0 aliphatic carbocycles. The molecule has 0 aliphatic rings. The maximum Gasteiger partial charge on any atom is 0.431 e. The Morgan fingerprint density at radius 2 is 1.94 bits per heavy atom.